The van der Waals surface area contributed by atoms with Gasteiger partial charge in [-0.2, -0.15) is 0 Å². The second kappa shape index (κ2) is 6.52. The van der Waals surface area contributed by atoms with Gasteiger partial charge >= 0.3 is 0 Å². The molecule has 0 amide bonds. The van der Waals surface area contributed by atoms with Crippen LogP contribution in [0.4, 0.5) is 0 Å². The standard InChI is InChI=1S/C13H18ClNO2/c1-5-9(2)15-8-10-6-11(14)13(17-4)12(7-10)16-3/h5-7,9,15H,1,8H2,2-4H3. The first-order chi connectivity index (χ1) is 8.12. The fraction of sp³-hybridized carbons (Fsp3) is 0.385. The number of methoxy groups -OCH3 is 2. The van der Waals surface area contributed by atoms with Crippen LogP contribution in [0.1, 0.15) is 12.5 Å². The van der Waals surface area contributed by atoms with Crippen LogP contribution in [0.2, 0.25) is 5.02 Å². The Kier molecular flexibility index (Phi) is 5.32. The maximum Gasteiger partial charge on any atom is 0.179 e. The summed E-state index contributed by atoms with van der Waals surface area (Å²) in [6.07, 6.45) is 1.85. The highest BCUT2D eigenvalue weighted by molar-refractivity contribution is 6.32. The highest BCUT2D eigenvalue weighted by Crippen LogP contribution is 2.35. The second-order valence-electron chi connectivity index (χ2n) is 3.72. The third kappa shape index (κ3) is 3.65. The molecule has 1 aromatic rings. The Morgan fingerprint density at radius 2 is 2.12 bits per heavy atom. The third-order valence-electron chi connectivity index (χ3n) is 2.48. The molecule has 17 heavy (non-hydrogen) atoms. The minimum atomic E-state index is 0.252. The maximum atomic E-state index is 6.11. The fourth-order valence-electron chi connectivity index (χ4n) is 1.44. The molecule has 0 saturated heterocycles. The van der Waals surface area contributed by atoms with Crippen molar-refractivity contribution < 1.29 is 9.47 Å². The molecule has 0 aromatic heterocycles. The summed E-state index contributed by atoms with van der Waals surface area (Å²) in [5, 5.41) is 3.84. The average Bonchev–Trinajstić information content (AvgIpc) is 2.34. The van der Waals surface area contributed by atoms with Gasteiger partial charge in [0, 0.05) is 12.6 Å². The molecule has 3 nitrogen and oxygen atoms in total. The third-order valence-corrected chi connectivity index (χ3v) is 2.76. The van der Waals surface area contributed by atoms with Crippen molar-refractivity contribution >= 4 is 11.6 Å². The molecular weight excluding hydrogens is 238 g/mol. The molecule has 1 atom stereocenters. The summed E-state index contributed by atoms with van der Waals surface area (Å²) in [5.41, 5.74) is 1.04. The van der Waals surface area contributed by atoms with Gasteiger partial charge in [0.25, 0.3) is 0 Å². The van der Waals surface area contributed by atoms with Crippen molar-refractivity contribution in [1.82, 2.24) is 5.32 Å². The van der Waals surface area contributed by atoms with Crippen LogP contribution in [-0.4, -0.2) is 20.3 Å². The van der Waals surface area contributed by atoms with E-state index in [2.05, 4.69) is 11.9 Å². The van der Waals surface area contributed by atoms with Crippen molar-refractivity contribution in [2.24, 2.45) is 0 Å². The first kappa shape index (κ1) is 13.9. The molecule has 1 aromatic carbocycles. The number of rotatable bonds is 6. The highest BCUT2D eigenvalue weighted by atomic mass is 35.5. The van der Waals surface area contributed by atoms with E-state index in [1.807, 2.05) is 25.1 Å². The van der Waals surface area contributed by atoms with Gasteiger partial charge in [0.15, 0.2) is 11.5 Å². The first-order valence-corrected chi connectivity index (χ1v) is 5.76. The normalized spacial score (nSPS) is 12.0. The molecule has 1 rings (SSSR count). The van der Waals surface area contributed by atoms with Crippen LogP contribution in [0.5, 0.6) is 11.5 Å². The topological polar surface area (TPSA) is 30.5 Å². The van der Waals surface area contributed by atoms with Gasteiger partial charge < -0.3 is 14.8 Å². The lowest BCUT2D eigenvalue weighted by Gasteiger charge is -2.13. The van der Waals surface area contributed by atoms with Crippen LogP contribution >= 0.6 is 11.6 Å². The second-order valence-corrected chi connectivity index (χ2v) is 4.13. The number of ether oxygens (including phenoxy) is 2. The summed E-state index contributed by atoms with van der Waals surface area (Å²) in [6.45, 7) is 6.46. The van der Waals surface area contributed by atoms with E-state index >= 15 is 0 Å². The summed E-state index contributed by atoms with van der Waals surface area (Å²) in [6, 6.07) is 4.03. The molecule has 0 aliphatic rings. The van der Waals surface area contributed by atoms with Crippen LogP contribution < -0.4 is 14.8 Å². The highest BCUT2D eigenvalue weighted by Gasteiger charge is 2.10. The zero-order valence-corrected chi connectivity index (χ0v) is 11.2. The number of halogens is 1. The molecule has 94 valence electrons. The van der Waals surface area contributed by atoms with Gasteiger partial charge in [0.1, 0.15) is 0 Å². The van der Waals surface area contributed by atoms with Crippen molar-refractivity contribution in [3.05, 3.63) is 35.4 Å². The Labute approximate surface area is 107 Å². The van der Waals surface area contributed by atoms with E-state index in [4.69, 9.17) is 21.1 Å². The quantitative estimate of drug-likeness (QED) is 0.793. The lowest BCUT2D eigenvalue weighted by molar-refractivity contribution is 0.354. The zero-order valence-electron chi connectivity index (χ0n) is 10.4. The van der Waals surface area contributed by atoms with E-state index in [-0.39, 0.29) is 6.04 Å². The number of nitrogens with one attached hydrogen (secondary N) is 1. The lowest BCUT2D eigenvalue weighted by Crippen LogP contribution is -2.22. The number of benzene rings is 1. The van der Waals surface area contributed by atoms with Crippen molar-refractivity contribution in [1.29, 1.82) is 0 Å². The van der Waals surface area contributed by atoms with E-state index in [0.717, 1.165) is 5.56 Å². The van der Waals surface area contributed by atoms with Crippen molar-refractivity contribution in [2.75, 3.05) is 14.2 Å². The van der Waals surface area contributed by atoms with E-state index in [1.165, 1.54) is 0 Å². The smallest absolute Gasteiger partial charge is 0.179 e. The number of hydrogen-bond donors (Lipinski definition) is 1. The fourth-order valence-corrected chi connectivity index (χ4v) is 1.75. The predicted octanol–water partition coefficient (Wildman–Crippen LogP) is 3.02. The van der Waals surface area contributed by atoms with E-state index < -0.39 is 0 Å². The Bertz CT molecular complexity index is 393. The molecule has 1 N–H and O–H groups in total. The molecule has 0 fully saturated rings. The lowest BCUT2D eigenvalue weighted by atomic mass is 10.2. The van der Waals surface area contributed by atoms with E-state index in [1.54, 1.807) is 14.2 Å². The molecule has 0 bridgehead atoms. The van der Waals surface area contributed by atoms with Gasteiger partial charge in [-0.15, -0.1) is 6.58 Å². The number of hydrogen-bond acceptors (Lipinski definition) is 3. The average molecular weight is 256 g/mol. The minimum absolute atomic E-state index is 0.252. The van der Waals surface area contributed by atoms with Gasteiger partial charge in [0.2, 0.25) is 0 Å². The largest absolute Gasteiger partial charge is 0.493 e. The van der Waals surface area contributed by atoms with E-state index in [9.17, 15) is 0 Å². The molecule has 1 unspecified atom stereocenters. The molecule has 0 spiro atoms. The summed E-state index contributed by atoms with van der Waals surface area (Å²) in [5.74, 6) is 1.21. The molecule has 0 aliphatic heterocycles. The van der Waals surface area contributed by atoms with Crippen LogP contribution in [0.25, 0.3) is 0 Å². The molecule has 4 heteroatoms. The predicted molar refractivity (Wildman–Crippen MR) is 71.1 cm³/mol. The molecular formula is C13H18ClNO2. The van der Waals surface area contributed by atoms with Crippen LogP contribution in [0.15, 0.2) is 24.8 Å². The van der Waals surface area contributed by atoms with Crippen molar-refractivity contribution in [3.8, 4) is 11.5 Å². The van der Waals surface area contributed by atoms with Gasteiger partial charge in [-0.05, 0) is 24.6 Å². The van der Waals surface area contributed by atoms with Crippen LogP contribution in [-0.2, 0) is 6.54 Å². The summed E-state index contributed by atoms with van der Waals surface area (Å²) in [4.78, 5) is 0. The van der Waals surface area contributed by atoms with Crippen LogP contribution in [0, 0.1) is 0 Å². The molecule has 0 aliphatic carbocycles. The SMILES string of the molecule is C=CC(C)NCc1cc(Cl)c(OC)c(OC)c1. The van der Waals surface area contributed by atoms with Gasteiger partial charge in [-0.1, -0.05) is 17.7 Å². The Balaban J connectivity index is 2.87. The molecule has 0 heterocycles. The Morgan fingerprint density at radius 1 is 1.41 bits per heavy atom. The van der Waals surface area contributed by atoms with Gasteiger partial charge in [-0.25, -0.2) is 0 Å². The minimum Gasteiger partial charge on any atom is -0.493 e. The van der Waals surface area contributed by atoms with Crippen molar-refractivity contribution in [3.63, 3.8) is 0 Å². The Hall–Kier alpha value is -1.19. The summed E-state index contributed by atoms with van der Waals surface area (Å²) < 4.78 is 10.4. The molecule has 0 radical (unpaired) electrons. The molecule has 0 saturated carbocycles. The van der Waals surface area contributed by atoms with Gasteiger partial charge in [-0.3, -0.25) is 0 Å². The first-order valence-electron chi connectivity index (χ1n) is 5.38. The van der Waals surface area contributed by atoms with E-state index in [0.29, 0.717) is 23.1 Å². The Morgan fingerprint density at radius 3 is 2.65 bits per heavy atom. The maximum absolute atomic E-state index is 6.11. The summed E-state index contributed by atoms with van der Waals surface area (Å²) in [7, 11) is 3.17. The van der Waals surface area contributed by atoms with Gasteiger partial charge in [0.05, 0.1) is 19.2 Å². The van der Waals surface area contributed by atoms with Crippen molar-refractivity contribution in [2.45, 2.75) is 19.5 Å². The van der Waals surface area contributed by atoms with Crippen LogP contribution in [0.3, 0.4) is 0 Å². The zero-order chi connectivity index (χ0) is 12.8. The monoisotopic (exact) mass is 255 g/mol. The summed E-state index contributed by atoms with van der Waals surface area (Å²) >= 11 is 6.11.